The fraction of sp³-hybridized carbons (Fsp3) is 0.389. The molecule has 2 N–H and O–H groups in total. The third kappa shape index (κ3) is 2.92. The Hall–Kier alpha value is -1.69. The largest absolute Gasteiger partial charge is 0.465 e. The number of rotatable bonds is 5. The lowest BCUT2D eigenvalue weighted by Crippen LogP contribution is -2.43. The van der Waals surface area contributed by atoms with Crippen LogP contribution < -0.4 is 5.32 Å². The second-order valence-electron chi connectivity index (χ2n) is 5.93. The van der Waals surface area contributed by atoms with Crippen LogP contribution >= 0.6 is 11.3 Å². The number of benzene rings is 1. The van der Waals surface area contributed by atoms with Gasteiger partial charge in [0, 0.05) is 11.4 Å². The lowest BCUT2D eigenvalue weighted by molar-refractivity contribution is 0.0606. The zero-order chi connectivity index (χ0) is 16.4. The van der Waals surface area contributed by atoms with E-state index < -0.39 is 5.54 Å². The van der Waals surface area contributed by atoms with Gasteiger partial charge in [-0.2, -0.15) is 0 Å². The SMILES string of the molecule is COC(=O)c1cc(CNC2(CO)CCc3ccccc32)c(C)s1. The van der Waals surface area contributed by atoms with E-state index >= 15 is 0 Å². The zero-order valence-electron chi connectivity index (χ0n) is 13.4. The number of esters is 1. The third-order valence-electron chi connectivity index (χ3n) is 4.65. The van der Waals surface area contributed by atoms with Gasteiger partial charge in [-0.15, -0.1) is 11.3 Å². The van der Waals surface area contributed by atoms with Gasteiger partial charge in [-0.25, -0.2) is 4.79 Å². The summed E-state index contributed by atoms with van der Waals surface area (Å²) in [5, 5.41) is 13.5. The van der Waals surface area contributed by atoms with E-state index in [-0.39, 0.29) is 12.6 Å². The Morgan fingerprint density at radius 2 is 2.22 bits per heavy atom. The molecule has 1 aliphatic rings. The maximum absolute atomic E-state index is 11.7. The molecule has 1 heterocycles. The summed E-state index contributed by atoms with van der Waals surface area (Å²) in [5.74, 6) is -0.299. The average molecular weight is 331 g/mol. The number of aliphatic hydroxyl groups excluding tert-OH is 1. The van der Waals surface area contributed by atoms with Crippen LogP contribution in [0.3, 0.4) is 0 Å². The molecule has 2 aromatic rings. The van der Waals surface area contributed by atoms with E-state index in [9.17, 15) is 9.90 Å². The van der Waals surface area contributed by atoms with E-state index in [4.69, 9.17) is 4.74 Å². The van der Waals surface area contributed by atoms with E-state index in [0.717, 1.165) is 23.3 Å². The molecule has 1 aromatic heterocycles. The van der Waals surface area contributed by atoms with E-state index in [2.05, 4.69) is 17.4 Å². The minimum absolute atomic E-state index is 0.0665. The average Bonchev–Trinajstić information content (AvgIpc) is 3.14. The quantitative estimate of drug-likeness (QED) is 0.827. The molecule has 0 fully saturated rings. The van der Waals surface area contributed by atoms with Gasteiger partial charge >= 0.3 is 5.97 Å². The summed E-state index contributed by atoms with van der Waals surface area (Å²) >= 11 is 1.44. The highest BCUT2D eigenvalue weighted by Gasteiger charge is 2.37. The van der Waals surface area contributed by atoms with Crippen molar-refractivity contribution in [3.8, 4) is 0 Å². The molecule has 0 amide bonds. The number of hydrogen-bond donors (Lipinski definition) is 2. The Balaban J connectivity index is 1.80. The number of nitrogens with one attached hydrogen (secondary N) is 1. The highest BCUT2D eigenvalue weighted by atomic mass is 32.1. The Kier molecular flexibility index (Phi) is 4.53. The van der Waals surface area contributed by atoms with Crippen LogP contribution in [-0.4, -0.2) is 24.8 Å². The van der Waals surface area contributed by atoms with Crippen molar-refractivity contribution in [2.75, 3.05) is 13.7 Å². The molecule has 0 radical (unpaired) electrons. The molecule has 23 heavy (non-hydrogen) atoms. The van der Waals surface area contributed by atoms with Crippen LogP contribution in [0.5, 0.6) is 0 Å². The van der Waals surface area contributed by atoms with Gasteiger partial charge in [-0.1, -0.05) is 24.3 Å². The predicted molar refractivity (Wildman–Crippen MR) is 90.8 cm³/mol. The maximum Gasteiger partial charge on any atom is 0.348 e. The van der Waals surface area contributed by atoms with Crippen molar-refractivity contribution in [3.05, 3.63) is 56.8 Å². The summed E-state index contributed by atoms with van der Waals surface area (Å²) in [7, 11) is 1.39. The van der Waals surface area contributed by atoms with Gasteiger partial charge in [-0.05, 0) is 42.5 Å². The van der Waals surface area contributed by atoms with Crippen LogP contribution in [0.1, 0.15) is 37.7 Å². The second kappa shape index (κ2) is 6.43. The van der Waals surface area contributed by atoms with Crippen molar-refractivity contribution >= 4 is 17.3 Å². The molecule has 1 aliphatic carbocycles. The number of aliphatic hydroxyl groups is 1. The number of ether oxygens (including phenoxy) is 1. The fourth-order valence-corrected chi connectivity index (χ4v) is 4.21. The summed E-state index contributed by atoms with van der Waals surface area (Å²) in [4.78, 5) is 13.4. The number of fused-ring (bicyclic) bond motifs is 1. The van der Waals surface area contributed by atoms with Crippen molar-refractivity contribution in [2.45, 2.75) is 31.8 Å². The number of aryl methyl sites for hydroxylation is 2. The number of carbonyl (C=O) groups excluding carboxylic acids is 1. The second-order valence-corrected chi connectivity index (χ2v) is 7.19. The molecule has 0 aliphatic heterocycles. The minimum Gasteiger partial charge on any atom is -0.465 e. The highest BCUT2D eigenvalue weighted by Crippen LogP contribution is 2.37. The van der Waals surface area contributed by atoms with Crippen LogP contribution in [0.4, 0.5) is 0 Å². The van der Waals surface area contributed by atoms with Crippen molar-refractivity contribution in [1.29, 1.82) is 0 Å². The van der Waals surface area contributed by atoms with Crippen molar-refractivity contribution in [1.82, 2.24) is 5.32 Å². The van der Waals surface area contributed by atoms with Gasteiger partial charge in [0.15, 0.2) is 0 Å². The highest BCUT2D eigenvalue weighted by molar-refractivity contribution is 7.14. The molecule has 3 rings (SSSR count). The first-order chi connectivity index (χ1) is 11.1. The van der Waals surface area contributed by atoms with Gasteiger partial charge in [0.25, 0.3) is 0 Å². The van der Waals surface area contributed by atoms with E-state index in [1.165, 1.54) is 29.6 Å². The normalized spacial score (nSPS) is 19.6. The van der Waals surface area contributed by atoms with Gasteiger partial charge in [0.05, 0.1) is 19.3 Å². The van der Waals surface area contributed by atoms with Crippen LogP contribution in [0.15, 0.2) is 30.3 Å². The van der Waals surface area contributed by atoms with Gasteiger partial charge in [-0.3, -0.25) is 0 Å². The summed E-state index contributed by atoms with van der Waals surface area (Å²) in [6.07, 6.45) is 1.86. The number of hydrogen-bond acceptors (Lipinski definition) is 5. The van der Waals surface area contributed by atoms with Crippen molar-refractivity contribution in [3.63, 3.8) is 0 Å². The van der Waals surface area contributed by atoms with Crippen LogP contribution in [0, 0.1) is 6.92 Å². The van der Waals surface area contributed by atoms with Crippen LogP contribution in [0.25, 0.3) is 0 Å². The van der Waals surface area contributed by atoms with E-state index in [1.807, 2.05) is 25.1 Å². The topological polar surface area (TPSA) is 58.6 Å². The Bertz CT molecular complexity index is 725. The number of thiophene rings is 1. The Labute approximate surface area is 140 Å². The monoisotopic (exact) mass is 331 g/mol. The third-order valence-corrected chi connectivity index (χ3v) is 5.72. The minimum atomic E-state index is -0.392. The molecule has 0 bridgehead atoms. The molecule has 1 atom stereocenters. The van der Waals surface area contributed by atoms with Crippen LogP contribution in [-0.2, 0) is 23.2 Å². The first kappa shape index (κ1) is 16.2. The molecule has 0 saturated heterocycles. The smallest absolute Gasteiger partial charge is 0.348 e. The van der Waals surface area contributed by atoms with E-state index in [0.29, 0.717) is 11.4 Å². The molecular weight excluding hydrogens is 310 g/mol. The lowest BCUT2D eigenvalue weighted by atomic mass is 9.92. The first-order valence-electron chi connectivity index (χ1n) is 7.71. The van der Waals surface area contributed by atoms with Gasteiger partial charge in [0.2, 0.25) is 0 Å². The summed E-state index contributed by atoms with van der Waals surface area (Å²) in [5.41, 5.74) is 3.17. The lowest BCUT2D eigenvalue weighted by Gasteiger charge is -2.30. The standard InChI is InChI=1S/C18H21NO3S/c1-12-14(9-16(23-12)17(21)22-2)10-19-18(11-20)8-7-13-5-3-4-6-15(13)18/h3-6,9,19-20H,7-8,10-11H2,1-2H3. The molecule has 0 saturated carbocycles. The molecule has 1 aromatic carbocycles. The molecule has 122 valence electrons. The molecule has 0 spiro atoms. The molecule has 4 nitrogen and oxygen atoms in total. The zero-order valence-corrected chi connectivity index (χ0v) is 14.2. The number of carbonyl (C=O) groups is 1. The number of methoxy groups -OCH3 is 1. The fourth-order valence-electron chi connectivity index (χ4n) is 3.25. The van der Waals surface area contributed by atoms with Gasteiger partial charge in [0.1, 0.15) is 4.88 Å². The predicted octanol–water partition coefficient (Wildman–Crippen LogP) is 2.77. The molecule has 1 unspecified atom stereocenters. The maximum atomic E-state index is 11.7. The summed E-state index contributed by atoms with van der Waals surface area (Å²) in [6, 6.07) is 10.1. The van der Waals surface area contributed by atoms with E-state index in [1.54, 1.807) is 0 Å². The van der Waals surface area contributed by atoms with Crippen LogP contribution in [0.2, 0.25) is 0 Å². The molecular formula is C18H21NO3S. The van der Waals surface area contributed by atoms with Gasteiger partial charge < -0.3 is 15.2 Å². The summed E-state index contributed by atoms with van der Waals surface area (Å²) in [6.45, 7) is 2.69. The molecule has 5 heteroatoms. The first-order valence-corrected chi connectivity index (χ1v) is 8.53. The Morgan fingerprint density at radius 3 is 2.96 bits per heavy atom. The Morgan fingerprint density at radius 1 is 1.43 bits per heavy atom. The van der Waals surface area contributed by atoms with Crippen molar-refractivity contribution in [2.24, 2.45) is 0 Å². The van der Waals surface area contributed by atoms with Crippen molar-refractivity contribution < 1.29 is 14.6 Å². The summed E-state index contributed by atoms with van der Waals surface area (Å²) < 4.78 is 4.78.